The molecule has 1 fully saturated rings. The zero-order chi connectivity index (χ0) is 14.3. The lowest BCUT2D eigenvalue weighted by Gasteiger charge is -2.39. The van der Waals surface area contributed by atoms with E-state index in [2.05, 4.69) is 20.0 Å². The van der Waals surface area contributed by atoms with Crippen LogP contribution in [0, 0.1) is 13.8 Å². The molecule has 1 amide bonds. The lowest BCUT2D eigenvalue weighted by Crippen LogP contribution is -2.48. The van der Waals surface area contributed by atoms with Gasteiger partial charge in [-0.05, 0) is 19.9 Å². The monoisotopic (exact) mass is 272 g/mol. The standard InChI is InChI=1S/C13H16N6O/c1-8-3-9(2)17-13(16-8)18-6-11(7-18)19-5-10(4-15-19)12(14)20/h3-5,11H,6-7H2,1-2H3,(H2,14,20). The summed E-state index contributed by atoms with van der Waals surface area (Å²) in [5, 5.41) is 4.17. The molecule has 3 rings (SSSR count). The third kappa shape index (κ3) is 2.22. The normalized spacial score (nSPS) is 15.2. The maximum Gasteiger partial charge on any atom is 0.251 e. The molecule has 1 aliphatic rings. The second-order valence-electron chi connectivity index (χ2n) is 5.08. The Morgan fingerprint density at radius 3 is 2.50 bits per heavy atom. The van der Waals surface area contributed by atoms with E-state index < -0.39 is 5.91 Å². The van der Waals surface area contributed by atoms with Crippen molar-refractivity contribution in [2.45, 2.75) is 19.9 Å². The number of aryl methyl sites for hydroxylation is 2. The highest BCUT2D eigenvalue weighted by Gasteiger charge is 2.31. The fourth-order valence-electron chi connectivity index (χ4n) is 2.30. The zero-order valence-electron chi connectivity index (χ0n) is 11.4. The Labute approximate surface area is 116 Å². The van der Waals surface area contributed by atoms with Gasteiger partial charge in [0, 0.05) is 30.7 Å². The number of aromatic nitrogens is 4. The van der Waals surface area contributed by atoms with Crippen molar-refractivity contribution in [2.75, 3.05) is 18.0 Å². The van der Waals surface area contributed by atoms with Gasteiger partial charge in [-0.3, -0.25) is 9.48 Å². The van der Waals surface area contributed by atoms with E-state index in [-0.39, 0.29) is 6.04 Å². The molecule has 1 aliphatic heterocycles. The van der Waals surface area contributed by atoms with Crippen LogP contribution in [0.3, 0.4) is 0 Å². The van der Waals surface area contributed by atoms with Crippen LogP contribution >= 0.6 is 0 Å². The highest BCUT2D eigenvalue weighted by atomic mass is 16.1. The molecule has 7 heteroatoms. The molecule has 104 valence electrons. The molecule has 7 nitrogen and oxygen atoms in total. The smallest absolute Gasteiger partial charge is 0.251 e. The molecule has 0 aromatic carbocycles. The fraction of sp³-hybridized carbons (Fsp3) is 0.385. The summed E-state index contributed by atoms with van der Waals surface area (Å²) in [5.41, 5.74) is 7.58. The molecule has 20 heavy (non-hydrogen) atoms. The molecule has 0 radical (unpaired) electrons. The minimum Gasteiger partial charge on any atom is -0.366 e. The number of carbonyl (C=O) groups excluding carboxylic acids is 1. The van der Waals surface area contributed by atoms with E-state index >= 15 is 0 Å². The quantitative estimate of drug-likeness (QED) is 0.876. The molecule has 2 aromatic heterocycles. The van der Waals surface area contributed by atoms with Crippen molar-refractivity contribution in [1.29, 1.82) is 0 Å². The van der Waals surface area contributed by atoms with E-state index in [1.54, 1.807) is 10.9 Å². The van der Waals surface area contributed by atoms with Gasteiger partial charge < -0.3 is 10.6 Å². The van der Waals surface area contributed by atoms with Crippen molar-refractivity contribution in [2.24, 2.45) is 5.73 Å². The number of hydrogen-bond donors (Lipinski definition) is 1. The molecular weight excluding hydrogens is 256 g/mol. The summed E-state index contributed by atoms with van der Waals surface area (Å²) in [5.74, 6) is 0.297. The summed E-state index contributed by atoms with van der Waals surface area (Å²) in [6.45, 7) is 5.48. The van der Waals surface area contributed by atoms with E-state index in [4.69, 9.17) is 5.73 Å². The van der Waals surface area contributed by atoms with Gasteiger partial charge in [-0.2, -0.15) is 5.10 Å². The predicted octanol–water partition coefficient (Wildman–Crippen LogP) is 0.450. The van der Waals surface area contributed by atoms with Gasteiger partial charge in [-0.15, -0.1) is 0 Å². The van der Waals surface area contributed by atoms with Crippen LogP contribution in [0.25, 0.3) is 0 Å². The Bertz CT molecular complexity index is 638. The van der Waals surface area contributed by atoms with Gasteiger partial charge in [0.2, 0.25) is 5.95 Å². The van der Waals surface area contributed by atoms with Crippen LogP contribution < -0.4 is 10.6 Å². The molecule has 2 N–H and O–H groups in total. The molecule has 0 spiro atoms. The van der Waals surface area contributed by atoms with Crippen LogP contribution in [0.1, 0.15) is 27.8 Å². The summed E-state index contributed by atoms with van der Waals surface area (Å²) in [6, 6.07) is 2.18. The maximum absolute atomic E-state index is 11.0. The number of primary amides is 1. The number of hydrogen-bond acceptors (Lipinski definition) is 5. The van der Waals surface area contributed by atoms with E-state index in [0.29, 0.717) is 5.56 Å². The molecular formula is C13H16N6O. The first kappa shape index (κ1) is 12.6. The van der Waals surface area contributed by atoms with Crippen LogP contribution in [0.5, 0.6) is 0 Å². The highest BCUT2D eigenvalue weighted by molar-refractivity contribution is 5.92. The van der Waals surface area contributed by atoms with Gasteiger partial charge in [0.15, 0.2) is 0 Å². The van der Waals surface area contributed by atoms with E-state index in [0.717, 1.165) is 30.4 Å². The number of rotatable bonds is 3. The molecule has 0 unspecified atom stereocenters. The average Bonchev–Trinajstić information content (AvgIpc) is 2.75. The SMILES string of the molecule is Cc1cc(C)nc(N2CC(n3cc(C(N)=O)cn3)C2)n1. The Kier molecular flexibility index (Phi) is 2.89. The van der Waals surface area contributed by atoms with Crippen molar-refractivity contribution in [3.05, 3.63) is 35.4 Å². The Balaban J connectivity index is 1.70. The maximum atomic E-state index is 11.0. The van der Waals surface area contributed by atoms with Crippen molar-refractivity contribution in [1.82, 2.24) is 19.7 Å². The average molecular weight is 272 g/mol. The highest BCUT2D eigenvalue weighted by Crippen LogP contribution is 2.25. The molecule has 0 aliphatic carbocycles. The van der Waals surface area contributed by atoms with E-state index in [9.17, 15) is 4.79 Å². The second-order valence-corrected chi connectivity index (χ2v) is 5.08. The van der Waals surface area contributed by atoms with E-state index in [1.807, 2.05) is 19.9 Å². The predicted molar refractivity (Wildman–Crippen MR) is 73.5 cm³/mol. The zero-order valence-corrected chi connectivity index (χ0v) is 11.4. The van der Waals surface area contributed by atoms with Gasteiger partial charge in [0.25, 0.3) is 5.91 Å². The van der Waals surface area contributed by atoms with Crippen molar-refractivity contribution >= 4 is 11.9 Å². The largest absolute Gasteiger partial charge is 0.366 e. The molecule has 0 saturated carbocycles. The first-order chi connectivity index (χ1) is 9.52. The minimum atomic E-state index is -0.454. The summed E-state index contributed by atoms with van der Waals surface area (Å²) in [7, 11) is 0. The number of anilines is 1. The summed E-state index contributed by atoms with van der Waals surface area (Å²) < 4.78 is 1.78. The first-order valence-electron chi connectivity index (χ1n) is 6.44. The minimum absolute atomic E-state index is 0.229. The molecule has 2 aromatic rings. The Hall–Kier alpha value is -2.44. The molecule has 3 heterocycles. The Morgan fingerprint density at radius 1 is 1.30 bits per heavy atom. The number of amides is 1. The number of nitrogens with zero attached hydrogens (tertiary/aromatic N) is 5. The van der Waals surface area contributed by atoms with Crippen molar-refractivity contribution in [3.8, 4) is 0 Å². The van der Waals surface area contributed by atoms with Crippen LogP contribution in [-0.4, -0.2) is 38.7 Å². The van der Waals surface area contributed by atoms with Gasteiger partial charge in [0.05, 0.1) is 17.8 Å². The second kappa shape index (κ2) is 4.59. The van der Waals surface area contributed by atoms with Crippen LogP contribution in [0.2, 0.25) is 0 Å². The van der Waals surface area contributed by atoms with Crippen molar-refractivity contribution in [3.63, 3.8) is 0 Å². The number of nitrogens with two attached hydrogens (primary N) is 1. The van der Waals surface area contributed by atoms with Crippen LogP contribution in [-0.2, 0) is 0 Å². The first-order valence-corrected chi connectivity index (χ1v) is 6.44. The third-order valence-corrected chi connectivity index (χ3v) is 3.38. The van der Waals surface area contributed by atoms with Gasteiger partial charge in [-0.25, -0.2) is 9.97 Å². The molecule has 1 saturated heterocycles. The fourth-order valence-corrected chi connectivity index (χ4v) is 2.30. The molecule has 0 bridgehead atoms. The summed E-state index contributed by atoms with van der Waals surface area (Å²) in [6.07, 6.45) is 3.19. The van der Waals surface area contributed by atoms with E-state index in [1.165, 1.54) is 6.20 Å². The van der Waals surface area contributed by atoms with Gasteiger partial charge in [-0.1, -0.05) is 0 Å². The van der Waals surface area contributed by atoms with Gasteiger partial charge >= 0.3 is 0 Å². The van der Waals surface area contributed by atoms with Crippen LogP contribution in [0.4, 0.5) is 5.95 Å². The lowest BCUT2D eigenvalue weighted by atomic mass is 10.1. The summed E-state index contributed by atoms with van der Waals surface area (Å²) >= 11 is 0. The summed E-state index contributed by atoms with van der Waals surface area (Å²) in [4.78, 5) is 22.0. The third-order valence-electron chi connectivity index (χ3n) is 3.38. The Morgan fingerprint density at radius 2 is 1.95 bits per heavy atom. The topological polar surface area (TPSA) is 89.9 Å². The van der Waals surface area contributed by atoms with Gasteiger partial charge in [0.1, 0.15) is 0 Å². The van der Waals surface area contributed by atoms with Crippen LogP contribution in [0.15, 0.2) is 18.5 Å². The van der Waals surface area contributed by atoms with Crippen molar-refractivity contribution < 1.29 is 4.79 Å². The lowest BCUT2D eigenvalue weighted by molar-refractivity contribution is 0.1000. The molecule has 0 atom stereocenters. The number of carbonyl (C=O) groups is 1.